The summed E-state index contributed by atoms with van der Waals surface area (Å²) in [4.78, 5) is 6.81. The average Bonchev–Trinajstić information content (AvgIpc) is 3.20. The number of pyridine rings is 1. The largest absolute Gasteiger partial charge is 0.348 e. The molecule has 4 rings (SSSR count). The molecule has 1 atom stereocenters. The van der Waals surface area contributed by atoms with Gasteiger partial charge in [0.1, 0.15) is 16.3 Å². The van der Waals surface area contributed by atoms with Crippen molar-refractivity contribution in [2.24, 2.45) is 5.10 Å². The normalized spacial score (nSPS) is 19.7. The molecule has 0 spiro atoms. The van der Waals surface area contributed by atoms with Gasteiger partial charge in [0.2, 0.25) is 0 Å². The number of likely N-dealkylation sites (tertiary alicyclic amines) is 1. The smallest absolute Gasteiger partial charge is 0.150 e. The van der Waals surface area contributed by atoms with Gasteiger partial charge in [0.15, 0.2) is 0 Å². The Labute approximate surface area is 178 Å². The van der Waals surface area contributed by atoms with E-state index >= 15 is 0 Å². The Morgan fingerprint density at radius 3 is 2.83 bits per heavy atom. The van der Waals surface area contributed by atoms with Gasteiger partial charge in [0.05, 0.1) is 23.1 Å². The zero-order valence-electron chi connectivity index (χ0n) is 16.2. The number of hydrazone groups is 1. The maximum absolute atomic E-state index is 13.8. The fraction of sp³-hybridized carbons (Fsp3) is 0.217. The van der Waals surface area contributed by atoms with Gasteiger partial charge in [0, 0.05) is 6.54 Å². The Kier molecular flexibility index (Phi) is 5.62. The SMILES string of the molecule is C=C1C=CC(N2CCCC2c2cccc(F)c2)=NN1/C(=C\C)c1cccc(Br)n1. The molecule has 148 valence electrons. The summed E-state index contributed by atoms with van der Waals surface area (Å²) < 4.78 is 14.5. The van der Waals surface area contributed by atoms with Crippen LogP contribution in [0.25, 0.3) is 5.70 Å². The number of halogens is 2. The summed E-state index contributed by atoms with van der Waals surface area (Å²) in [7, 11) is 0. The molecule has 0 aliphatic carbocycles. The van der Waals surface area contributed by atoms with Crippen LogP contribution >= 0.6 is 15.9 Å². The fourth-order valence-corrected chi connectivity index (χ4v) is 4.18. The Bertz CT molecular complexity index is 1030. The van der Waals surface area contributed by atoms with Crippen LogP contribution in [0.15, 0.2) is 82.7 Å². The van der Waals surface area contributed by atoms with E-state index in [0.29, 0.717) is 0 Å². The van der Waals surface area contributed by atoms with Gasteiger partial charge >= 0.3 is 0 Å². The summed E-state index contributed by atoms with van der Waals surface area (Å²) in [6, 6.07) is 12.8. The van der Waals surface area contributed by atoms with Gasteiger partial charge < -0.3 is 4.90 Å². The van der Waals surface area contributed by atoms with E-state index in [0.717, 1.165) is 52.5 Å². The second-order valence-electron chi connectivity index (χ2n) is 7.02. The van der Waals surface area contributed by atoms with Crippen LogP contribution in [0, 0.1) is 5.82 Å². The van der Waals surface area contributed by atoms with Gasteiger partial charge in [-0.05, 0) is 77.7 Å². The number of benzene rings is 1. The lowest BCUT2D eigenvalue weighted by atomic mass is 10.0. The van der Waals surface area contributed by atoms with Gasteiger partial charge in [0.25, 0.3) is 0 Å². The van der Waals surface area contributed by atoms with E-state index in [4.69, 9.17) is 5.10 Å². The summed E-state index contributed by atoms with van der Waals surface area (Å²) in [5.74, 6) is 0.640. The number of rotatable bonds is 3. The summed E-state index contributed by atoms with van der Waals surface area (Å²) in [5, 5.41) is 6.72. The average molecular weight is 453 g/mol. The third-order valence-corrected chi connectivity index (χ3v) is 5.60. The molecule has 0 saturated carbocycles. The van der Waals surface area contributed by atoms with Crippen LogP contribution in [0.4, 0.5) is 4.39 Å². The van der Waals surface area contributed by atoms with Crippen LogP contribution in [-0.2, 0) is 0 Å². The predicted molar refractivity (Wildman–Crippen MR) is 118 cm³/mol. The zero-order valence-corrected chi connectivity index (χ0v) is 17.8. The third-order valence-electron chi connectivity index (χ3n) is 5.16. The van der Waals surface area contributed by atoms with Crippen molar-refractivity contribution in [2.75, 3.05) is 6.54 Å². The van der Waals surface area contributed by atoms with Gasteiger partial charge in [-0.15, -0.1) is 5.10 Å². The Morgan fingerprint density at radius 1 is 1.24 bits per heavy atom. The maximum Gasteiger partial charge on any atom is 0.150 e. The summed E-state index contributed by atoms with van der Waals surface area (Å²) in [5.41, 5.74) is 3.42. The lowest BCUT2D eigenvalue weighted by molar-refractivity contribution is 0.385. The van der Waals surface area contributed by atoms with E-state index in [2.05, 4.69) is 32.4 Å². The minimum atomic E-state index is -0.206. The minimum absolute atomic E-state index is 0.111. The van der Waals surface area contributed by atoms with Crippen LogP contribution in [0.2, 0.25) is 0 Å². The highest BCUT2D eigenvalue weighted by atomic mass is 79.9. The Morgan fingerprint density at radius 2 is 2.07 bits per heavy atom. The molecule has 1 aromatic carbocycles. The first-order chi connectivity index (χ1) is 14.1. The van der Waals surface area contributed by atoms with Crippen LogP contribution in [0.3, 0.4) is 0 Å². The van der Waals surface area contributed by atoms with Crippen molar-refractivity contribution in [3.63, 3.8) is 0 Å². The zero-order chi connectivity index (χ0) is 20.4. The standard InChI is InChI=1S/C23H22BrFN4/c1-3-20(19-9-5-11-22(24)26-19)29-16(2)12-13-23(27-29)28-14-6-10-21(28)17-7-4-8-18(25)15-17/h3-5,7-9,11-13,15,21H,2,6,10,14H2,1H3/b20-3-. The van der Waals surface area contributed by atoms with Gasteiger partial charge in [-0.1, -0.05) is 30.9 Å². The predicted octanol–water partition coefficient (Wildman–Crippen LogP) is 5.88. The van der Waals surface area contributed by atoms with Crippen molar-refractivity contribution in [1.29, 1.82) is 0 Å². The van der Waals surface area contributed by atoms with Gasteiger partial charge in [-0.25, -0.2) is 14.4 Å². The molecule has 2 aliphatic heterocycles. The van der Waals surface area contributed by atoms with Crippen molar-refractivity contribution in [2.45, 2.75) is 25.8 Å². The molecule has 0 amide bonds. The van der Waals surface area contributed by atoms with E-state index in [1.807, 2.05) is 54.4 Å². The molecule has 1 aromatic heterocycles. The highest BCUT2D eigenvalue weighted by molar-refractivity contribution is 9.10. The molecule has 29 heavy (non-hydrogen) atoms. The van der Waals surface area contributed by atoms with E-state index in [1.165, 1.54) is 6.07 Å². The topological polar surface area (TPSA) is 31.7 Å². The Balaban J connectivity index is 1.67. The van der Waals surface area contributed by atoms with E-state index in [-0.39, 0.29) is 11.9 Å². The first kappa shape index (κ1) is 19.6. The molecule has 4 nitrogen and oxygen atoms in total. The van der Waals surface area contributed by atoms with Crippen LogP contribution in [0.1, 0.15) is 37.1 Å². The monoisotopic (exact) mass is 452 g/mol. The highest BCUT2D eigenvalue weighted by Gasteiger charge is 2.30. The second-order valence-corrected chi connectivity index (χ2v) is 7.83. The molecule has 6 heteroatoms. The molecule has 0 bridgehead atoms. The molecule has 2 aromatic rings. The molecular weight excluding hydrogens is 431 g/mol. The molecule has 0 radical (unpaired) electrons. The van der Waals surface area contributed by atoms with Crippen LogP contribution in [-0.4, -0.2) is 27.3 Å². The maximum atomic E-state index is 13.8. The molecule has 1 saturated heterocycles. The van der Waals surface area contributed by atoms with Crippen molar-refractivity contribution < 1.29 is 4.39 Å². The first-order valence-electron chi connectivity index (χ1n) is 9.64. The number of hydrogen-bond donors (Lipinski definition) is 0. The lowest BCUT2D eigenvalue weighted by Gasteiger charge is -2.32. The highest BCUT2D eigenvalue weighted by Crippen LogP contribution is 2.35. The summed E-state index contributed by atoms with van der Waals surface area (Å²) in [6.07, 6.45) is 7.94. The molecule has 2 aliphatic rings. The molecule has 1 unspecified atom stereocenters. The molecule has 3 heterocycles. The Hall–Kier alpha value is -2.73. The third kappa shape index (κ3) is 4.03. The minimum Gasteiger partial charge on any atom is -0.348 e. The van der Waals surface area contributed by atoms with Crippen molar-refractivity contribution in [1.82, 2.24) is 14.9 Å². The summed E-state index contributed by atoms with van der Waals surface area (Å²) in [6.45, 7) is 6.99. The number of amidine groups is 1. The molecule has 0 N–H and O–H groups in total. The number of allylic oxidation sites excluding steroid dienone is 2. The van der Waals surface area contributed by atoms with Crippen LogP contribution < -0.4 is 0 Å². The summed E-state index contributed by atoms with van der Waals surface area (Å²) >= 11 is 3.44. The molecule has 1 fully saturated rings. The van der Waals surface area contributed by atoms with E-state index in [9.17, 15) is 4.39 Å². The van der Waals surface area contributed by atoms with Gasteiger partial charge in [-0.3, -0.25) is 0 Å². The van der Waals surface area contributed by atoms with E-state index in [1.54, 1.807) is 12.1 Å². The van der Waals surface area contributed by atoms with Crippen molar-refractivity contribution >= 4 is 27.5 Å². The quantitative estimate of drug-likeness (QED) is 0.544. The number of nitrogens with zero attached hydrogens (tertiary/aromatic N) is 4. The van der Waals surface area contributed by atoms with Crippen LogP contribution in [0.5, 0.6) is 0 Å². The number of aromatic nitrogens is 1. The number of hydrogen-bond acceptors (Lipinski definition) is 4. The fourth-order valence-electron chi connectivity index (χ4n) is 3.83. The van der Waals surface area contributed by atoms with Crippen molar-refractivity contribution in [3.8, 4) is 0 Å². The lowest BCUT2D eigenvalue weighted by Crippen LogP contribution is -2.33. The first-order valence-corrected chi connectivity index (χ1v) is 10.4. The molecular formula is C23H22BrFN4. The van der Waals surface area contributed by atoms with Gasteiger partial charge in [-0.2, -0.15) is 0 Å². The second kappa shape index (κ2) is 8.33. The van der Waals surface area contributed by atoms with Crippen molar-refractivity contribution in [3.05, 3.63) is 94.6 Å². The van der Waals surface area contributed by atoms with E-state index < -0.39 is 0 Å².